The number of hydrogen-bond donors (Lipinski definition) is 0. The lowest BCUT2D eigenvalue weighted by Gasteiger charge is -2.20. The van der Waals surface area contributed by atoms with Crippen molar-refractivity contribution in [1.82, 2.24) is 9.88 Å². The van der Waals surface area contributed by atoms with Crippen molar-refractivity contribution in [3.8, 4) is 0 Å². The molecule has 0 N–H and O–H groups in total. The molecule has 0 fully saturated rings. The van der Waals surface area contributed by atoms with Crippen LogP contribution in [0.4, 0.5) is 11.4 Å². The number of pyridine rings is 1. The van der Waals surface area contributed by atoms with Crippen LogP contribution in [0.25, 0.3) is 21.8 Å². The first-order valence-corrected chi connectivity index (χ1v) is 8.44. The number of non-ortho nitro benzene ring substituents is 1. The molecule has 2 aromatic carbocycles. The van der Waals surface area contributed by atoms with Crippen molar-refractivity contribution in [3.63, 3.8) is 0 Å². The van der Waals surface area contributed by atoms with Crippen molar-refractivity contribution < 1.29 is 4.92 Å². The standard InChI is InChI=1S/C19H20N4O2/c1-21(2)10-5-11-22-12-14-13-6-3-4-7-15(13)20-19-17(23(24)25)9-8-16(22)18(14)19/h3-4,6-9H,5,10-12H2,1-2H3. The number of nitro benzene ring substituents is 1. The zero-order chi connectivity index (χ0) is 17.6. The quantitative estimate of drug-likeness (QED) is 0.405. The average Bonchev–Trinajstić information content (AvgIpc) is 2.95. The Kier molecular flexibility index (Phi) is 3.77. The molecule has 6 heteroatoms. The van der Waals surface area contributed by atoms with Gasteiger partial charge in [0.2, 0.25) is 0 Å². The zero-order valence-corrected chi connectivity index (χ0v) is 14.4. The summed E-state index contributed by atoms with van der Waals surface area (Å²) < 4.78 is 0. The second-order valence-corrected chi connectivity index (χ2v) is 6.77. The van der Waals surface area contributed by atoms with Gasteiger partial charge in [-0.3, -0.25) is 10.1 Å². The van der Waals surface area contributed by atoms with Gasteiger partial charge in [0, 0.05) is 35.6 Å². The number of fused-ring (bicyclic) bond motifs is 2. The van der Waals surface area contributed by atoms with Gasteiger partial charge in [-0.25, -0.2) is 4.98 Å². The van der Waals surface area contributed by atoms with Gasteiger partial charge >= 0.3 is 0 Å². The lowest BCUT2D eigenvalue weighted by atomic mass is 10.0. The fraction of sp³-hybridized carbons (Fsp3) is 0.316. The van der Waals surface area contributed by atoms with Gasteiger partial charge in [0.05, 0.1) is 10.4 Å². The van der Waals surface area contributed by atoms with Crippen LogP contribution in [0.15, 0.2) is 36.4 Å². The average molecular weight is 336 g/mol. The Labute approximate surface area is 145 Å². The minimum Gasteiger partial charge on any atom is -0.367 e. The molecule has 0 unspecified atom stereocenters. The molecule has 4 rings (SSSR count). The van der Waals surface area contributed by atoms with Gasteiger partial charge in [0.15, 0.2) is 5.52 Å². The number of benzene rings is 2. The Bertz CT molecular complexity index is 984. The van der Waals surface area contributed by atoms with Gasteiger partial charge in [-0.1, -0.05) is 18.2 Å². The fourth-order valence-corrected chi connectivity index (χ4v) is 3.69. The summed E-state index contributed by atoms with van der Waals surface area (Å²) in [5, 5.41) is 13.5. The third-order valence-corrected chi connectivity index (χ3v) is 4.82. The maximum absolute atomic E-state index is 11.5. The molecule has 0 saturated heterocycles. The Hall–Kier alpha value is -2.73. The van der Waals surface area contributed by atoms with Crippen molar-refractivity contribution >= 4 is 33.2 Å². The van der Waals surface area contributed by atoms with E-state index < -0.39 is 0 Å². The number of hydrogen-bond acceptors (Lipinski definition) is 5. The van der Waals surface area contributed by atoms with Crippen LogP contribution in [0.5, 0.6) is 0 Å². The van der Waals surface area contributed by atoms with Gasteiger partial charge < -0.3 is 9.80 Å². The van der Waals surface area contributed by atoms with Crippen molar-refractivity contribution in [2.24, 2.45) is 0 Å². The first-order chi connectivity index (χ1) is 12.1. The maximum Gasteiger partial charge on any atom is 0.295 e. The van der Waals surface area contributed by atoms with Gasteiger partial charge in [0.1, 0.15) is 0 Å². The molecule has 1 aromatic heterocycles. The summed E-state index contributed by atoms with van der Waals surface area (Å²) >= 11 is 0. The lowest BCUT2D eigenvalue weighted by molar-refractivity contribution is -0.383. The number of para-hydroxylation sites is 1. The molecule has 6 nitrogen and oxygen atoms in total. The molecule has 25 heavy (non-hydrogen) atoms. The Balaban J connectivity index is 1.88. The summed E-state index contributed by atoms with van der Waals surface area (Å²) in [7, 11) is 4.14. The van der Waals surface area contributed by atoms with Crippen LogP contribution >= 0.6 is 0 Å². The van der Waals surface area contributed by atoms with Gasteiger partial charge in [-0.2, -0.15) is 0 Å². The minimum absolute atomic E-state index is 0.0842. The second kappa shape index (κ2) is 5.97. The molecular formula is C19H20N4O2. The highest BCUT2D eigenvalue weighted by Crippen LogP contribution is 2.43. The Morgan fingerprint density at radius 1 is 1.24 bits per heavy atom. The van der Waals surface area contributed by atoms with Crippen LogP contribution in [-0.4, -0.2) is 42.0 Å². The third kappa shape index (κ3) is 2.59. The summed E-state index contributed by atoms with van der Waals surface area (Å²) in [6, 6.07) is 11.4. The predicted octanol–water partition coefficient (Wildman–Crippen LogP) is 3.57. The molecule has 0 spiro atoms. The van der Waals surface area contributed by atoms with Crippen LogP contribution in [-0.2, 0) is 6.54 Å². The first-order valence-electron chi connectivity index (χ1n) is 8.44. The van der Waals surface area contributed by atoms with Crippen molar-refractivity contribution in [2.75, 3.05) is 32.1 Å². The first kappa shape index (κ1) is 15.8. The molecule has 0 saturated carbocycles. The molecule has 2 heterocycles. The molecule has 3 aromatic rings. The van der Waals surface area contributed by atoms with Crippen molar-refractivity contribution in [1.29, 1.82) is 0 Å². The highest BCUT2D eigenvalue weighted by atomic mass is 16.6. The molecule has 0 bridgehead atoms. The van der Waals surface area contributed by atoms with Crippen LogP contribution in [0, 0.1) is 10.1 Å². The van der Waals surface area contributed by atoms with Crippen LogP contribution in [0.1, 0.15) is 12.0 Å². The largest absolute Gasteiger partial charge is 0.367 e. The summed E-state index contributed by atoms with van der Waals surface area (Å²) in [6.45, 7) is 2.72. The van der Waals surface area contributed by atoms with Gasteiger partial charge in [-0.15, -0.1) is 0 Å². The number of anilines is 1. The van der Waals surface area contributed by atoms with Crippen LogP contribution in [0.3, 0.4) is 0 Å². The third-order valence-electron chi connectivity index (χ3n) is 4.82. The summed E-state index contributed by atoms with van der Waals surface area (Å²) in [4.78, 5) is 20.3. The van der Waals surface area contributed by atoms with Gasteiger partial charge in [-0.05, 0) is 44.8 Å². The maximum atomic E-state index is 11.5. The van der Waals surface area contributed by atoms with E-state index in [1.807, 2.05) is 24.3 Å². The monoisotopic (exact) mass is 336 g/mol. The van der Waals surface area contributed by atoms with E-state index in [1.54, 1.807) is 6.07 Å². The SMILES string of the molecule is CN(C)CCCN1Cc2c3ccccc3nc3c([N+](=O)[O-])ccc1c23. The lowest BCUT2D eigenvalue weighted by Crippen LogP contribution is -2.24. The summed E-state index contributed by atoms with van der Waals surface area (Å²) in [6.07, 6.45) is 1.05. The van der Waals surface area contributed by atoms with E-state index in [0.717, 1.165) is 53.6 Å². The van der Waals surface area contributed by atoms with E-state index >= 15 is 0 Å². The smallest absolute Gasteiger partial charge is 0.295 e. The highest BCUT2D eigenvalue weighted by molar-refractivity contribution is 6.09. The minimum atomic E-state index is -0.334. The topological polar surface area (TPSA) is 62.5 Å². The molecule has 0 radical (unpaired) electrons. The second-order valence-electron chi connectivity index (χ2n) is 6.77. The van der Waals surface area contributed by atoms with Crippen molar-refractivity contribution in [2.45, 2.75) is 13.0 Å². The van der Waals surface area contributed by atoms with E-state index in [-0.39, 0.29) is 10.6 Å². The van der Waals surface area contributed by atoms with E-state index in [2.05, 4.69) is 34.9 Å². The fourth-order valence-electron chi connectivity index (χ4n) is 3.69. The van der Waals surface area contributed by atoms with Crippen LogP contribution in [0.2, 0.25) is 0 Å². The van der Waals surface area contributed by atoms with E-state index in [1.165, 1.54) is 0 Å². The number of rotatable bonds is 5. The number of nitro groups is 1. The molecule has 1 aliphatic rings. The zero-order valence-electron chi connectivity index (χ0n) is 14.4. The van der Waals surface area contributed by atoms with Crippen LogP contribution < -0.4 is 4.90 Å². The molecule has 1 aliphatic heterocycles. The normalized spacial score (nSPS) is 13.3. The molecule has 0 amide bonds. The van der Waals surface area contributed by atoms with E-state index in [4.69, 9.17) is 0 Å². The predicted molar refractivity (Wildman–Crippen MR) is 100 cm³/mol. The molecular weight excluding hydrogens is 316 g/mol. The molecule has 0 aliphatic carbocycles. The Morgan fingerprint density at radius 3 is 2.80 bits per heavy atom. The Morgan fingerprint density at radius 2 is 2.04 bits per heavy atom. The summed E-state index contributed by atoms with van der Waals surface area (Å²) in [5.41, 5.74) is 3.63. The van der Waals surface area contributed by atoms with E-state index in [0.29, 0.717) is 5.52 Å². The van der Waals surface area contributed by atoms with E-state index in [9.17, 15) is 10.1 Å². The number of aromatic nitrogens is 1. The summed E-state index contributed by atoms with van der Waals surface area (Å²) in [5.74, 6) is 0. The molecule has 128 valence electrons. The number of nitrogens with zero attached hydrogens (tertiary/aromatic N) is 4. The highest BCUT2D eigenvalue weighted by Gasteiger charge is 2.28. The van der Waals surface area contributed by atoms with Gasteiger partial charge in [0.25, 0.3) is 5.69 Å². The molecule has 0 atom stereocenters. The van der Waals surface area contributed by atoms with Crippen molar-refractivity contribution in [3.05, 3.63) is 52.1 Å².